The molecule has 2 aromatic heterocycles. The molecule has 0 aliphatic carbocycles. The molecule has 0 unspecified atom stereocenters. The highest BCUT2D eigenvalue weighted by Crippen LogP contribution is 2.27. The first kappa shape index (κ1) is 24.1. The Hall–Kier alpha value is -4.05. The van der Waals surface area contributed by atoms with Crippen molar-refractivity contribution >= 4 is 29.4 Å². The molecular weight excluding hydrogens is 466 g/mol. The molecule has 2 heterocycles. The van der Waals surface area contributed by atoms with Crippen LogP contribution in [0.4, 0.5) is 10.5 Å². The van der Waals surface area contributed by atoms with E-state index < -0.39 is 11.9 Å². The summed E-state index contributed by atoms with van der Waals surface area (Å²) in [5, 5.41) is 14.2. The van der Waals surface area contributed by atoms with Crippen molar-refractivity contribution in [2.75, 3.05) is 18.2 Å². The number of carbonyl (C=O) groups is 2. The number of imide groups is 1. The fourth-order valence-corrected chi connectivity index (χ4v) is 4.14. The van der Waals surface area contributed by atoms with Gasteiger partial charge in [-0.05, 0) is 55.3 Å². The lowest BCUT2D eigenvalue weighted by atomic mass is 10.1. The number of carbonyl (C=O) groups excluding carboxylic acids is 2. The van der Waals surface area contributed by atoms with Crippen LogP contribution in [0.15, 0.2) is 70.4 Å². The predicted molar refractivity (Wildman–Crippen MR) is 134 cm³/mol. The topological polar surface area (TPSA) is 111 Å². The van der Waals surface area contributed by atoms with Gasteiger partial charge in [-0.15, -0.1) is 10.2 Å². The number of furan rings is 1. The summed E-state index contributed by atoms with van der Waals surface area (Å²) < 4.78 is 12.7. The molecule has 2 aromatic carbocycles. The Morgan fingerprint density at radius 2 is 1.91 bits per heavy atom. The number of anilines is 1. The Balaban J connectivity index is 1.46. The average Bonchev–Trinajstić information content (AvgIpc) is 3.51. The lowest BCUT2D eigenvalue weighted by molar-refractivity contribution is -0.117. The smallest absolute Gasteiger partial charge is 0.325 e. The molecule has 3 amide bonds. The van der Waals surface area contributed by atoms with Crippen molar-refractivity contribution in [3.8, 4) is 17.1 Å². The van der Waals surface area contributed by atoms with Gasteiger partial charge in [-0.3, -0.25) is 14.7 Å². The van der Waals surface area contributed by atoms with Crippen LogP contribution in [0.2, 0.25) is 0 Å². The molecule has 2 N–H and O–H groups in total. The SMILES string of the molecule is COc1cccc(-c2nnc(SCC(=O)NC(=O)Nc3cccc(C)c3C)n2Cc2ccco2)c1. The molecule has 0 radical (unpaired) electrons. The van der Waals surface area contributed by atoms with Gasteiger partial charge in [0.15, 0.2) is 11.0 Å². The third-order valence-corrected chi connectivity index (χ3v) is 6.34. The number of thioether (sulfide) groups is 1. The Kier molecular flexibility index (Phi) is 7.51. The van der Waals surface area contributed by atoms with E-state index in [1.165, 1.54) is 11.8 Å². The van der Waals surface area contributed by atoms with Crippen LogP contribution in [-0.4, -0.2) is 39.6 Å². The van der Waals surface area contributed by atoms with E-state index >= 15 is 0 Å². The molecule has 4 rings (SSSR count). The van der Waals surface area contributed by atoms with Crippen LogP contribution in [0, 0.1) is 13.8 Å². The number of hydrogen-bond acceptors (Lipinski definition) is 7. The van der Waals surface area contributed by atoms with E-state index in [1.807, 2.05) is 60.9 Å². The summed E-state index contributed by atoms with van der Waals surface area (Å²) in [4.78, 5) is 24.8. The first-order valence-electron chi connectivity index (χ1n) is 10.8. The monoisotopic (exact) mass is 491 g/mol. The molecule has 0 aliphatic rings. The molecule has 180 valence electrons. The summed E-state index contributed by atoms with van der Waals surface area (Å²) in [6, 6.07) is 16.2. The molecule has 35 heavy (non-hydrogen) atoms. The lowest BCUT2D eigenvalue weighted by Crippen LogP contribution is -2.35. The summed E-state index contributed by atoms with van der Waals surface area (Å²) in [5.41, 5.74) is 3.46. The van der Waals surface area contributed by atoms with Gasteiger partial charge in [0.05, 0.1) is 25.7 Å². The minimum Gasteiger partial charge on any atom is -0.497 e. The number of aromatic nitrogens is 3. The van der Waals surface area contributed by atoms with Crippen LogP contribution in [-0.2, 0) is 11.3 Å². The van der Waals surface area contributed by atoms with E-state index in [2.05, 4.69) is 20.8 Å². The zero-order valence-corrected chi connectivity index (χ0v) is 20.4. The van der Waals surface area contributed by atoms with Gasteiger partial charge in [-0.2, -0.15) is 0 Å². The van der Waals surface area contributed by atoms with Gasteiger partial charge < -0.3 is 14.5 Å². The molecule has 0 aliphatic heterocycles. The summed E-state index contributed by atoms with van der Waals surface area (Å²) >= 11 is 1.18. The highest BCUT2D eigenvalue weighted by atomic mass is 32.2. The van der Waals surface area contributed by atoms with Gasteiger partial charge in [-0.25, -0.2) is 4.79 Å². The number of aryl methyl sites for hydroxylation is 1. The van der Waals surface area contributed by atoms with Gasteiger partial charge in [0.1, 0.15) is 11.5 Å². The minimum atomic E-state index is -0.585. The Labute approximate surface area is 206 Å². The van der Waals surface area contributed by atoms with Gasteiger partial charge in [-0.1, -0.05) is 36.0 Å². The summed E-state index contributed by atoms with van der Waals surface area (Å²) in [7, 11) is 1.60. The predicted octanol–water partition coefficient (Wildman–Crippen LogP) is 4.65. The first-order valence-corrected chi connectivity index (χ1v) is 11.8. The molecule has 4 aromatic rings. The minimum absolute atomic E-state index is 0.0192. The molecule has 0 saturated carbocycles. The van der Waals surface area contributed by atoms with Crippen LogP contribution in [0.1, 0.15) is 16.9 Å². The highest BCUT2D eigenvalue weighted by Gasteiger charge is 2.18. The van der Waals surface area contributed by atoms with Crippen molar-refractivity contribution in [3.05, 3.63) is 77.7 Å². The standard InChI is InChI=1S/C25H25N5O4S/c1-16-7-4-11-21(17(16)2)26-24(32)27-22(31)15-35-25-29-28-23(18-8-5-9-19(13-18)33-3)30(25)14-20-10-6-12-34-20/h4-13H,14-15H2,1-3H3,(H2,26,27,31,32). The number of hydrogen-bond donors (Lipinski definition) is 2. The summed E-state index contributed by atoms with van der Waals surface area (Å²) in [6.07, 6.45) is 1.60. The Morgan fingerprint density at radius 1 is 1.09 bits per heavy atom. The van der Waals surface area contributed by atoms with Crippen LogP contribution in [0.3, 0.4) is 0 Å². The third kappa shape index (κ3) is 5.90. The van der Waals surface area contributed by atoms with Crippen molar-refractivity contribution in [3.63, 3.8) is 0 Å². The number of ether oxygens (including phenoxy) is 1. The normalized spacial score (nSPS) is 10.7. The molecule has 0 fully saturated rings. The molecule has 0 spiro atoms. The molecule has 0 atom stereocenters. The number of amides is 3. The maximum atomic E-state index is 12.5. The number of nitrogens with one attached hydrogen (secondary N) is 2. The third-order valence-electron chi connectivity index (χ3n) is 5.38. The number of rotatable bonds is 8. The summed E-state index contributed by atoms with van der Waals surface area (Å²) in [6.45, 7) is 4.25. The molecule has 10 heteroatoms. The first-order chi connectivity index (χ1) is 16.9. The quantitative estimate of drug-likeness (QED) is 0.345. The van der Waals surface area contributed by atoms with Gasteiger partial charge in [0.25, 0.3) is 0 Å². The van der Waals surface area contributed by atoms with Crippen molar-refractivity contribution in [2.45, 2.75) is 25.5 Å². The molecule has 0 saturated heterocycles. The fraction of sp³-hybridized carbons (Fsp3) is 0.200. The second-order valence-corrected chi connectivity index (χ2v) is 8.68. The highest BCUT2D eigenvalue weighted by molar-refractivity contribution is 7.99. The Morgan fingerprint density at radius 3 is 2.69 bits per heavy atom. The summed E-state index contributed by atoms with van der Waals surface area (Å²) in [5.74, 6) is 1.55. The van der Waals surface area contributed by atoms with Crippen LogP contribution in [0.25, 0.3) is 11.4 Å². The van der Waals surface area contributed by atoms with E-state index in [4.69, 9.17) is 9.15 Å². The molecule has 9 nitrogen and oxygen atoms in total. The van der Waals surface area contributed by atoms with Crippen LogP contribution < -0.4 is 15.4 Å². The van der Waals surface area contributed by atoms with Crippen molar-refractivity contribution in [2.24, 2.45) is 0 Å². The van der Waals surface area contributed by atoms with Gasteiger partial charge in [0.2, 0.25) is 5.91 Å². The van der Waals surface area contributed by atoms with Crippen molar-refractivity contribution in [1.29, 1.82) is 0 Å². The van der Waals surface area contributed by atoms with Crippen molar-refractivity contribution < 1.29 is 18.7 Å². The number of nitrogens with zero attached hydrogens (tertiary/aromatic N) is 3. The van der Waals surface area contributed by atoms with E-state index in [0.717, 1.165) is 16.7 Å². The zero-order chi connectivity index (χ0) is 24.8. The van der Waals surface area contributed by atoms with Gasteiger partial charge >= 0.3 is 6.03 Å². The molecule has 0 bridgehead atoms. The second-order valence-electron chi connectivity index (χ2n) is 7.74. The number of urea groups is 1. The zero-order valence-electron chi connectivity index (χ0n) is 19.6. The van der Waals surface area contributed by atoms with Gasteiger partial charge in [0, 0.05) is 11.3 Å². The Bertz CT molecular complexity index is 1330. The number of benzene rings is 2. The van der Waals surface area contributed by atoms with Crippen molar-refractivity contribution in [1.82, 2.24) is 20.1 Å². The average molecular weight is 492 g/mol. The lowest BCUT2D eigenvalue weighted by Gasteiger charge is -2.11. The van der Waals surface area contributed by atoms with E-state index in [9.17, 15) is 9.59 Å². The van der Waals surface area contributed by atoms with Crippen LogP contribution >= 0.6 is 11.8 Å². The second kappa shape index (κ2) is 10.9. The van der Waals surface area contributed by atoms with E-state index in [-0.39, 0.29) is 5.75 Å². The maximum absolute atomic E-state index is 12.5. The van der Waals surface area contributed by atoms with E-state index in [1.54, 1.807) is 25.5 Å². The van der Waals surface area contributed by atoms with E-state index in [0.29, 0.717) is 34.7 Å². The van der Waals surface area contributed by atoms with Crippen LogP contribution in [0.5, 0.6) is 5.75 Å². The fourth-order valence-electron chi connectivity index (χ4n) is 3.40. The largest absolute Gasteiger partial charge is 0.497 e. The number of methoxy groups -OCH3 is 1. The maximum Gasteiger partial charge on any atom is 0.325 e. The molecular formula is C25H25N5O4S.